The van der Waals surface area contributed by atoms with Crippen molar-refractivity contribution in [3.63, 3.8) is 0 Å². The van der Waals surface area contributed by atoms with Gasteiger partial charge in [-0.25, -0.2) is 4.79 Å². The molecular weight excluding hydrogens is 352 g/mol. The van der Waals surface area contributed by atoms with Crippen molar-refractivity contribution in [1.29, 1.82) is 0 Å². The Morgan fingerprint density at radius 3 is 2.79 bits per heavy atom. The molecule has 0 saturated carbocycles. The maximum atomic E-state index is 13.0. The second-order valence-corrected chi connectivity index (χ2v) is 7.28. The van der Waals surface area contributed by atoms with Gasteiger partial charge in [-0.3, -0.25) is 4.79 Å². The largest absolute Gasteiger partial charge is 0.361 e. The predicted molar refractivity (Wildman–Crippen MR) is 109 cm³/mol. The number of carbonyl (C=O) groups excluding carboxylic acids is 2. The molecule has 5 N–H and O–H groups in total. The van der Waals surface area contributed by atoms with E-state index in [0.29, 0.717) is 6.42 Å². The molecule has 0 saturated heterocycles. The minimum atomic E-state index is -0.731. The van der Waals surface area contributed by atoms with Gasteiger partial charge in [0.15, 0.2) is 0 Å². The average molecular weight is 376 g/mol. The van der Waals surface area contributed by atoms with Gasteiger partial charge in [-0.1, -0.05) is 42.5 Å². The van der Waals surface area contributed by atoms with Gasteiger partial charge in [0.25, 0.3) is 0 Å². The molecule has 6 nitrogen and oxygen atoms in total. The first-order valence-corrected chi connectivity index (χ1v) is 9.61. The quantitative estimate of drug-likeness (QED) is 0.550. The summed E-state index contributed by atoms with van der Waals surface area (Å²) in [6.45, 7) is 0. The van der Waals surface area contributed by atoms with Crippen LogP contribution in [0.15, 0.2) is 54.7 Å². The van der Waals surface area contributed by atoms with E-state index in [0.717, 1.165) is 41.3 Å². The minimum Gasteiger partial charge on any atom is -0.361 e. The van der Waals surface area contributed by atoms with Crippen LogP contribution in [0.2, 0.25) is 0 Å². The van der Waals surface area contributed by atoms with E-state index < -0.39 is 12.1 Å². The SMILES string of the molecule is NC(=O)N[C@@H](Cc1c[nH]c2ccccc12)C(=O)N[C@@H]1CCCc2ccccc21. The average Bonchev–Trinajstić information content (AvgIpc) is 3.10. The van der Waals surface area contributed by atoms with Crippen molar-refractivity contribution >= 4 is 22.8 Å². The van der Waals surface area contributed by atoms with Crippen molar-refractivity contribution in [3.8, 4) is 0 Å². The number of H-pyrrole nitrogens is 1. The zero-order valence-corrected chi connectivity index (χ0v) is 15.6. The van der Waals surface area contributed by atoms with Gasteiger partial charge < -0.3 is 21.4 Å². The number of carbonyl (C=O) groups is 2. The molecule has 1 aromatic heterocycles. The van der Waals surface area contributed by atoms with Crippen LogP contribution in [0.25, 0.3) is 10.9 Å². The predicted octanol–water partition coefficient (Wildman–Crippen LogP) is 2.94. The van der Waals surface area contributed by atoms with Crippen LogP contribution in [0.3, 0.4) is 0 Å². The lowest BCUT2D eigenvalue weighted by molar-refractivity contribution is -0.123. The van der Waals surface area contributed by atoms with Gasteiger partial charge in [0.1, 0.15) is 6.04 Å². The van der Waals surface area contributed by atoms with E-state index in [2.05, 4.69) is 27.8 Å². The highest BCUT2D eigenvalue weighted by Gasteiger charge is 2.27. The topological polar surface area (TPSA) is 100 Å². The number of amides is 3. The molecule has 28 heavy (non-hydrogen) atoms. The minimum absolute atomic E-state index is 0.0439. The van der Waals surface area contributed by atoms with Crippen molar-refractivity contribution in [2.45, 2.75) is 37.8 Å². The maximum absolute atomic E-state index is 13.0. The molecule has 144 valence electrons. The zero-order chi connectivity index (χ0) is 19.5. The zero-order valence-electron chi connectivity index (χ0n) is 15.6. The number of hydrogen-bond donors (Lipinski definition) is 4. The number of urea groups is 1. The molecule has 0 aliphatic heterocycles. The molecule has 3 aromatic rings. The van der Waals surface area contributed by atoms with E-state index in [-0.39, 0.29) is 11.9 Å². The van der Waals surface area contributed by atoms with Gasteiger partial charge >= 0.3 is 6.03 Å². The van der Waals surface area contributed by atoms with Crippen molar-refractivity contribution in [3.05, 3.63) is 71.4 Å². The van der Waals surface area contributed by atoms with Gasteiger partial charge in [-0.15, -0.1) is 0 Å². The fourth-order valence-electron chi connectivity index (χ4n) is 4.08. The summed E-state index contributed by atoms with van der Waals surface area (Å²) < 4.78 is 0. The molecule has 0 unspecified atom stereocenters. The molecule has 2 atom stereocenters. The molecule has 6 heteroatoms. The lowest BCUT2D eigenvalue weighted by atomic mass is 9.87. The van der Waals surface area contributed by atoms with Crippen LogP contribution in [-0.2, 0) is 17.6 Å². The molecule has 0 spiro atoms. The smallest absolute Gasteiger partial charge is 0.312 e. The molecule has 0 fully saturated rings. The highest BCUT2D eigenvalue weighted by molar-refractivity contribution is 5.89. The third-order valence-electron chi connectivity index (χ3n) is 5.42. The van der Waals surface area contributed by atoms with Gasteiger partial charge in [0, 0.05) is 23.5 Å². The Morgan fingerprint density at radius 1 is 1.14 bits per heavy atom. The van der Waals surface area contributed by atoms with E-state index in [4.69, 9.17) is 5.73 Å². The van der Waals surface area contributed by atoms with Crippen LogP contribution in [0.5, 0.6) is 0 Å². The van der Waals surface area contributed by atoms with E-state index >= 15 is 0 Å². The summed E-state index contributed by atoms with van der Waals surface area (Å²) >= 11 is 0. The van der Waals surface area contributed by atoms with E-state index in [9.17, 15) is 9.59 Å². The summed E-state index contributed by atoms with van der Waals surface area (Å²) in [6, 6.07) is 14.6. The van der Waals surface area contributed by atoms with Crippen LogP contribution in [0.1, 0.15) is 35.6 Å². The first-order chi connectivity index (χ1) is 13.6. The van der Waals surface area contributed by atoms with Crippen LogP contribution >= 0.6 is 0 Å². The summed E-state index contributed by atoms with van der Waals surface area (Å²) in [5.74, 6) is -0.217. The Morgan fingerprint density at radius 2 is 1.93 bits per heavy atom. The number of para-hydroxylation sites is 1. The number of fused-ring (bicyclic) bond motifs is 2. The fraction of sp³-hybridized carbons (Fsp3) is 0.273. The van der Waals surface area contributed by atoms with Crippen LogP contribution in [0.4, 0.5) is 4.79 Å². The molecule has 0 bridgehead atoms. The van der Waals surface area contributed by atoms with E-state index in [1.165, 1.54) is 5.56 Å². The van der Waals surface area contributed by atoms with Crippen LogP contribution in [-0.4, -0.2) is 23.0 Å². The number of nitrogens with one attached hydrogen (secondary N) is 3. The molecular formula is C22H24N4O2. The highest BCUT2D eigenvalue weighted by Crippen LogP contribution is 2.29. The van der Waals surface area contributed by atoms with Crippen molar-refractivity contribution < 1.29 is 9.59 Å². The number of hydrogen-bond acceptors (Lipinski definition) is 2. The molecule has 4 rings (SSSR count). The summed E-state index contributed by atoms with van der Waals surface area (Å²) in [4.78, 5) is 27.8. The lowest BCUT2D eigenvalue weighted by Gasteiger charge is -2.28. The first kappa shape index (κ1) is 18.1. The molecule has 3 amide bonds. The summed E-state index contributed by atoms with van der Waals surface area (Å²) in [5.41, 5.74) is 9.74. The number of primary amides is 1. The lowest BCUT2D eigenvalue weighted by Crippen LogP contribution is -2.50. The second-order valence-electron chi connectivity index (χ2n) is 7.28. The van der Waals surface area contributed by atoms with Crippen molar-refractivity contribution in [2.24, 2.45) is 5.73 Å². The Bertz CT molecular complexity index is 1010. The number of aromatic amines is 1. The van der Waals surface area contributed by atoms with Gasteiger partial charge in [0.05, 0.1) is 6.04 Å². The summed E-state index contributed by atoms with van der Waals surface area (Å²) in [6.07, 6.45) is 5.19. The third kappa shape index (κ3) is 3.71. The summed E-state index contributed by atoms with van der Waals surface area (Å²) in [5, 5.41) is 6.77. The van der Waals surface area contributed by atoms with E-state index in [1.54, 1.807) is 0 Å². The highest BCUT2D eigenvalue weighted by atomic mass is 16.2. The fourth-order valence-corrected chi connectivity index (χ4v) is 4.08. The Kier molecular flexibility index (Phi) is 5.02. The maximum Gasteiger partial charge on any atom is 0.312 e. The second kappa shape index (κ2) is 7.76. The number of aromatic nitrogens is 1. The van der Waals surface area contributed by atoms with Crippen LogP contribution < -0.4 is 16.4 Å². The first-order valence-electron chi connectivity index (χ1n) is 9.61. The van der Waals surface area contributed by atoms with Crippen molar-refractivity contribution in [1.82, 2.24) is 15.6 Å². The van der Waals surface area contributed by atoms with Gasteiger partial charge in [0.2, 0.25) is 5.91 Å². The van der Waals surface area contributed by atoms with Crippen LogP contribution in [0, 0.1) is 0 Å². The Balaban J connectivity index is 1.54. The standard InChI is InChI=1S/C22H24N4O2/c23-22(28)26-20(12-15-13-24-18-10-4-3-9-17(15)18)21(27)25-19-11-5-7-14-6-1-2-8-16(14)19/h1-4,6,8-10,13,19-20,24H,5,7,11-12H2,(H,25,27)(H3,23,26,28)/t19-,20+/m1/s1. The molecule has 1 heterocycles. The normalized spacial score (nSPS) is 16.9. The summed E-state index contributed by atoms with van der Waals surface area (Å²) in [7, 11) is 0. The molecule has 0 radical (unpaired) electrons. The van der Waals surface area contributed by atoms with E-state index in [1.807, 2.05) is 42.6 Å². The molecule has 1 aliphatic rings. The number of aryl methyl sites for hydroxylation is 1. The molecule has 2 aromatic carbocycles. The Hall–Kier alpha value is -3.28. The monoisotopic (exact) mass is 376 g/mol. The Labute approximate surface area is 163 Å². The third-order valence-corrected chi connectivity index (χ3v) is 5.42. The molecule has 1 aliphatic carbocycles. The van der Waals surface area contributed by atoms with Crippen molar-refractivity contribution in [2.75, 3.05) is 0 Å². The number of benzene rings is 2. The number of rotatable bonds is 5. The van der Waals surface area contributed by atoms with Gasteiger partial charge in [-0.2, -0.15) is 0 Å². The number of nitrogens with two attached hydrogens (primary N) is 1. The van der Waals surface area contributed by atoms with Gasteiger partial charge in [-0.05, 0) is 42.0 Å².